The number of hydrogen-bond donors (Lipinski definition) is 2. The Morgan fingerprint density at radius 2 is 1.91 bits per heavy atom. The average Bonchev–Trinajstić information content (AvgIpc) is 2.54. The first-order valence-electron chi connectivity index (χ1n) is 8.05. The molecule has 0 aliphatic heterocycles. The van der Waals surface area contributed by atoms with E-state index in [1.165, 1.54) is 0 Å². The van der Waals surface area contributed by atoms with Gasteiger partial charge in [0.1, 0.15) is 6.61 Å². The van der Waals surface area contributed by atoms with Gasteiger partial charge in [-0.05, 0) is 18.4 Å². The lowest BCUT2D eigenvalue weighted by Crippen LogP contribution is -2.53. The van der Waals surface area contributed by atoms with Crippen LogP contribution in [0.4, 0.5) is 4.79 Å². The van der Waals surface area contributed by atoms with Crippen molar-refractivity contribution in [3.63, 3.8) is 0 Å². The monoisotopic (exact) mass is 322 g/mol. The van der Waals surface area contributed by atoms with Crippen LogP contribution in [0.3, 0.4) is 0 Å². The zero-order valence-electron chi connectivity index (χ0n) is 13.6. The zero-order chi connectivity index (χ0) is 16.3. The minimum absolute atomic E-state index is 0.199. The smallest absolute Gasteiger partial charge is 0.407 e. The van der Waals surface area contributed by atoms with Crippen LogP contribution in [0.15, 0.2) is 30.3 Å². The van der Waals surface area contributed by atoms with Crippen molar-refractivity contribution in [1.82, 2.24) is 10.6 Å². The van der Waals surface area contributed by atoms with Gasteiger partial charge < -0.3 is 24.8 Å². The molecule has 2 rings (SSSR count). The Morgan fingerprint density at radius 1 is 1.13 bits per heavy atom. The molecule has 0 heterocycles. The van der Waals surface area contributed by atoms with Gasteiger partial charge in [-0.3, -0.25) is 0 Å². The van der Waals surface area contributed by atoms with Gasteiger partial charge in [0.2, 0.25) is 0 Å². The Balaban J connectivity index is 1.46. The molecule has 0 bridgehead atoms. The van der Waals surface area contributed by atoms with E-state index in [2.05, 4.69) is 10.6 Å². The molecule has 0 atom stereocenters. The lowest BCUT2D eigenvalue weighted by atomic mass is 9.87. The molecule has 1 saturated carbocycles. The molecule has 6 heteroatoms. The molecule has 23 heavy (non-hydrogen) atoms. The number of benzene rings is 1. The summed E-state index contributed by atoms with van der Waals surface area (Å²) in [6.45, 7) is 3.05. The Bertz CT molecular complexity index is 449. The third-order valence-corrected chi connectivity index (χ3v) is 3.78. The summed E-state index contributed by atoms with van der Waals surface area (Å²) in [5, 5.41) is 6.29. The molecule has 6 nitrogen and oxygen atoms in total. The maximum absolute atomic E-state index is 11.7. The normalized spacial score (nSPS) is 19.9. The molecule has 0 spiro atoms. The van der Waals surface area contributed by atoms with Crippen molar-refractivity contribution in [3.05, 3.63) is 35.9 Å². The van der Waals surface area contributed by atoms with E-state index in [1.54, 1.807) is 7.11 Å². The number of carbonyl (C=O) groups excluding carboxylic acids is 1. The standard InChI is InChI=1S/C17H26N2O4/c1-21-9-10-22-8-7-18-15-11-16(12-15)19-17(20)23-13-14-5-3-2-4-6-14/h2-6,15-16,18H,7-13H2,1H3,(H,19,20). The Labute approximate surface area is 137 Å². The largest absolute Gasteiger partial charge is 0.445 e. The zero-order valence-corrected chi connectivity index (χ0v) is 13.6. The first-order chi connectivity index (χ1) is 11.3. The summed E-state index contributed by atoms with van der Waals surface area (Å²) in [7, 11) is 1.66. The molecular formula is C17H26N2O4. The summed E-state index contributed by atoms with van der Waals surface area (Å²) in [5.41, 5.74) is 0.990. The van der Waals surface area contributed by atoms with Crippen molar-refractivity contribution in [2.45, 2.75) is 31.5 Å². The summed E-state index contributed by atoms with van der Waals surface area (Å²) >= 11 is 0. The van der Waals surface area contributed by atoms with Gasteiger partial charge in [0, 0.05) is 25.7 Å². The van der Waals surface area contributed by atoms with Gasteiger partial charge in [-0.25, -0.2) is 4.79 Å². The van der Waals surface area contributed by atoms with Gasteiger partial charge in [0.25, 0.3) is 0 Å². The Kier molecular flexibility index (Phi) is 7.86. The fourth-order valence-corrected chi connectivity index (χ4v) is 2.41. The molecule has 2 N–H and O–H groups in total. The van der Waals surface area contributed by atoms with Crippen molar-refractivity contribution in [1.29, 1.82) is 0 Å². The highest BCUT2D eigenvalue weighted by Gasteiger charge is 2.30. The molecule has 1 aliphatic rings. The average molecular weight is 322 g/mol. The van der Waals surface area contributed by atoms with Crippen molar-refractivity contribution < 1.29 is 19.0 Å². The summed E-state index contributed by atoms with van der Waals surface area (Å²) in [4.78, 5) is 11.7. The molecule has 1 fully saturated rings. The van der Waals surface area contributed by atoms with Gasteiger partial charge in [-0.15, -0.1) is 0 Å². The Morgan fingerprint density at radius 3 is 2.65 bits per heavy atom. The summed E-state index contributed by atoms with van der Waals surface area (Å²) in [6.07, 6.45) is 1.51. The van der Waals surface area contributed by atoms with E-state index in [0.29, 0.717) is 32.5 Å². The van der Waals surface area contributed by atoms with Gasteiger partial charge >= 0.3 is 6.09 Å². The molecule has 0 aromatic heterocycles. The Hall–Kier alpha value is -1.63. The number of nitrogens with one attached hydrogen (secondary N) is 2. The maximum atomic E-state index is 11.7. The lowest BCUT2D eigenvalue weighted by Gasteiger charge is -2.36. The molecule has 1 amide bonds. The van der Waals surface area contributed by atoms with E-state index in [0.717, 1.165) is 24.9 Å². The molecule has 1 aliphatic carbocycles. The molecule has 1 aromatic carbocycles. The molecule has 0 radical (unpaired) electrons. The van der Waals surface area contributed by atoms with Crippen LogP contribution >= 0.6 is 0 Å². The number of amides is 1. The van der Waals surface area contributed by atoms with E-state index in [4.69, 9.17) is 14.2 Å². The predicted molar refractivity (Wildman–Crippen MR) is 87.3 cm³/mol. The summed E-state index contributed by atoms with van der Waals surface area (Å²) in [5.74, 6) is 0. The van der Waals surface area contributed by atoms with Crippen LogP contribution in [0.25, 0.3) is 0 Å². The van der Waals surface area contributed by atoms with Gasteiger partial charge in [0.15, 0.2) is 0 Å². The SMILES string of the molecule is COCCOCCNC1CC(NC(=O)OCc2ccccc2)C1. The fraction of sp³-hybridized carbons (Fsp3) is 0.588. The van der Waals surface area contributed by atoms with Crippen LogP contribution in [0.5, 0.6) is 0 Å². The highest BCUT2D eigenvalue weighted by molar-refractivity contribution is 5.67. The number of ether oxygens (including phenoxy) is 3. The van der Waals surface area contributed by atoms with E-state index in [9.17, 15) is 4.79 Å². The van der Waals surface area contributed by atoms with E-state index < -0.39 is 0 Å². The second-order valence-corrected chi connectivity index (χ2v) is 5.63. The van der Waals surface area contributed by atoms with Gasteiger partial charge in [0.05, 0.1) is 19.8 Å². The van der Waals surface area contributed by atoms with Crippen molar-refractivity contribution in [2.24, 2.45) is 0 Å². The molecular weight excluding hydrogens is 296 g/mol. The topological polar surface area (TPSA) is 68.8 Å². The number of carbonyl (C=O) groups is 1. The molecule has 0 unspecified atom stereocenters. The van der Waals surface area contributed by atoms with Crippen molar-refractivity contribution in [3.8, 4) is 0 Å². The summed E-state index contributed by atoms with van der Waals surface area (Å²) < 4.78 is 15.5. The maximum Gasteiger partial charge on any atom is 0.407 e. The lowest BCUT2D eigenvalue weighted by molar-refractivity contribution is 0.0688. The molecule has 128 valence electrons. The summed E-state index contributed by atoms with van der Waals surface area (Å²) in [6, 6.07) is 10.3. The molecule has 1 aromatic rings. The highest BCUT2D eigenvalue weighted by atomic mass is 16.5. The fourth-order valence-electron chi connectivity index (χ4n) is 2.41. The first-order valence-corrected chi connectivity index (χ1v) is 8.05. The van der Waals surface area contributed by atoms with Gasteiger partial charge in [-0.1, -0.05) is 30.3 Å². The predicted octanol–water partition coefficient (Wildman–Crippen LogP) is 1.70. The minimum atomic E-state index is -0.347. The van der Waals surface area contributed by atoms with Crippen LogP contribution in [0.1, 0.15) is 18.4 Å². The number of hydrogen-bond acceptors (Lipinski definition) is 5. The second kappa shape index (κ2) is 10.2. The third-order valence-electron chi connectivity index (χ3n) is 3.78. The van der Waals surface area contributed by atoms with Crippen LogP contribution in [-0.4, -0.2) is 51.7 Å². The quantitative estimate of drug-likeness (QED) is 0.642. The minimum Gasteiger partial charge on any atom is -0.445 e. The van der Waals surface area contributed by atoms with Crippen LogP contribution < -0.4 is 10.6 Å². The number of alkyl carbamates (subject to hydrolysis) is 1. The van der Waals surface area contributed by atoms with Crippen molar-refractivity contribution >= 4 is 6.09 Å². The van der Waals surface area contributed by atoms with E-state index in [-0.39, 0.29) is 12.1 Å². The van der Waals surface area contributed by atoms with Gasteiger partial charge in [-0.2, -0.15) is 0 Å². The first kappa shape index (κ1) is 17.7. The molecule has 0 saturated heterocycles. The van der Waals surface area contributed by atoms with Crippen LogP contribution in [0, 0.1) is 0 Å². The number of rotatable bonds is 10. The third kappa shape index (κ3) is 6.99. The van der Waals surface area contributed by atoms with E-state index >= 15 is 0 Å². The highest BCUT2D eigenvalue weighted by Crippen LogP contribution is 2.19. The van der Waals surface area contributed by atoms with Crippen molar-refractivity contribution in [2.75, 3.05) is 33.5 Å². The van der Waals surface area contributed by atoms with E-state index in [1.807, 2.05) is 30.3 Å². The number of methoxy groups -OCH3 is 1. The second-order valence-electron chi connectivity index (χ2n) is 5.63. The van der Waals surface area contributed by atoms with Crippen LogP contribution in [0.2, 0.25) is 0 Å². The van der Waals surface area contributed by atoms with Crippen LogP contribution in [-0.2, 0) is 20.8 Å².